The molecule has 3 aromatic rings. The summed E-state index contributed by atoms with van der Waals surface area (Å²) in [5.41, 5.74) is 4.04. The van der Waals surface area contributed by atoms with Crippen molar-refractivity contribution < 1.29 is 9.66 Å². The lowest BCUT2D eigenvalue weighted by atomic mass is 9.93. The van der Waals surface area contributed by atoms with Gasteiger partial charge >= 0.3 is 0 Å². The largest absolute Gasteiger partial charge is 0.497 e. The first-order valence-electron chi connectivity index (χ1n) is 8.09. The van der Waals surface area contributed by atoms with Crippen LogP contribution in [-0.4, -0.2) is 23.2 Å². The maximum Gasteiger partial charge on any atom is 0.270 e. The normalized spacial score (nSPS) is 12.7. The van der Waals surface area contributed by atoms with Crippen molar-refractivity contribution in [1.82, 2.24) is 4.98 Å². The lowest BCUT2D eigenvalue weighted by Gasteiger charge is -2.15. The summed E-state index contributed by atoms with van der Waals surface area (Å²) in [7, 11) is 1.65. The molecule has 1 aliphatic carbocycles. The first-order chi connectivity index (χ1) is 12.6. The minimum absolute atomic E-state index is 0.0494. The fourth-order valence-corrected chi connectivity index (χ4v) is 3.91. The number of hydrogen-bond acceptors (Lipinski definition) is 6. The van der Waals surface area contributed by atoms with Crippen LogP contribution in [0.4, 0.5) is 10.8 Å². The van der Waals surface area contributed by atoms with Gasteiger partial charge in [0.1, 0.15) is 5.75 Å². The Hall–Kier alpha value is -3.06. The zero-order chi connectivity index (χ0) is 18.1. The Morgan fingerprint density at radius 1 is 1.27 bits per heavy atom. The first-order valence-corrected chi connectivity index (χ1v) is 8.91. The van der Waals surface area contributed by atoms with Crippen molar-refractivity contribution in [1.29, 1.82) is 0 Å². The number of non-ortho nitro benzene ring substituents is 1. The van der Waals surface area contributed by atoms with Crippen LogP contribution in [-0.2, 0) is 12.8 Å². The molecular weight excluding hydrogens is 350 g/mol. The smallest absolute Gasteiger partial charge is 0.270 e. The van der Waals surface area contributed by atoms with Crippen molar-refractivity contribution in [3.63, 3.8) is 0 Å². The number of nitro benzene ring substituents is 1. The average molecular weight is 365 g/mol. The molecule has 0 unspecified atom stereocenters. The van der Waals surface area contributed by atoms with E-state index >= 15 is 0 Å². The number of ether oxygens (including phenoxy) is 1. The monoisotopic (exact) mass is 365 g/mol. The molecule has 0 spiro atoms. The fraction of sp³-hybridized carbons (Fsp3) is 0.158. The van der Waals surface area contributed by atoms with Crippen molar-refractivity contribution in [3.05, 3.63) is 68.6 Å². The second-order valence-electron chi connectivity index (χ2n) is 5.90. The second kappa shape index (κ2) is 6.68. The fourth-order valence-electron chi connectivity index (χ4n) is 2.99. The number of fused-ring (bicyclic) bond motifs is 3. The highest BCUT2D eigenvalue weighted by atomic mass is 32.1. The Kier molecular flexibility index (Phi) is 4.22. The molecule has 0 saturated heterocycles. The van der Waals surface area contributed by atoms with E-state index in [0.717, 1.165) is 29.8 Å². The zero-order valence-electron chi connectivity index (χ0n) is 14.0. The molecule has 0 atom stereocenters. The van der Waals surface area contributed by atoms with Gasteiger partial charge in [-0.05, 0) is 36.1 Å². The third-order valence-electron chi connectivity index (χ3n) is 4.28. The maximum absolute atomic E-state index is 10.9. The molecule has 130 valence electrons. The molecule has 1 heterocycles. The highest BCUT2D eigenvalue weighted by molar-refractivity contribution is 7.15. The van der Waals surface area contributed by atoms with Gasteiger partial charge in [0.25, 0.3) is 5.69 Å². The Balaban J connectivity index is 1.65. The Bertz CT molecular complexity index is 1030. The average Bonchev–Trinajstić information content (AvgIpc) is 3.10. The van der Waals surface area contributed by atoms with Crippen LogP contribution in [0.2, 0.25) is 0 Å². The molecule has 4 rings (SSSR count). The van der Waals surface area contributed by atoms with Gasteiger partial charge in [-0.1, -0.05) is 29.5 Å². The van der Waals surface area contributed by atoms with Gasteiger partial charge in [0.2, 0.25) is 5.13 Å². The number of nitro groups is 1. The van der Waals surface area contributed by atoms with Crippen LogP contribution in [0, 0.1) is 10.1 Å². The van der Waals surface area contributed by atoms with Gasteiger partial charge in [-0.15, -0.1) is 0 Å². The summed E-state index contributed by atoms with van der Waals surface area (Å²) in [5, 5.41) is 11.5. The van der Waals surface area contributed by atoms with Gasteiger partial charge in [0.15, 0.2) is 0 Å². The Morgan fingerprint density at radius 3 is 2.96 bits per heavy atom. The predicted octanol–water partition coefficient (Wildman–Crippen LogP) is 4.58. The summed E-state index contributed by atoms with van der Waals surface area (Å²) < 4.78 is 5.33. The third-order valence-corrected chi connectivity index (χ3v) is 5.31. The number of aliphatic imine (C=N–C) groups is 1. The van der Waals surface area contributed by atoms with Gasteiger partial charge in [0.05, 0.1) is 17.7 Å². The van der Waals surface area contributed by atoms with E-state index in [2.05, 4.69) is 16.0 Å². The van der Waals surface area contributed by atoms with Crippen LogP contribution in [0.5, 0.6) is 5.75 Å². The molecule has 1 aromatic heterocycles. The van der Waals surface area contributed by atoms with Crippen molar-refractivity contribution in [3.8, 4) is 17.0 Å². The molecule has 26 heavy (non-hydrogen) atoms. The Labute approximate surface area is 154 Å². The third kappa shape index (κ3) is 3.09. The summed E-state index contributed by atoms with van der Waals surface area (Å²) >= 11 is 1.56. The van der Waals surface area contributed by atoms with Crippen molar-refractivity contribution in [2.24, 2.45) is 4.99 Å². The summed E-state index contributed by atoms with van der Waals surface area (Å²) in [6.45, 7) is 0. The minimum Gasteiger partial charge on any atom is -0.497 e. The van der Waals surface area contributed by atoms with E-state index in [0.29, 0.717) is 10.7 Å². The number of hydrogen-bond donors (Lipinski definition) is 0. The van der Waals surface area contributed by atoms with Crippen LogP contribution in [0.15, 0.2) is 47.5 Å². The number of benzene rings is 2. The van der Waals surface area contributed by atoms with Crippen LogP contribution < -0.4 is 4.74 Å². The molecule has 0 fully saturated rings. The zero-order valence-corrected chi connectivity index (χ0v) is 14.8. The van der Waals surface area contributed by atoms with Gasteiger partial charge in [-0.25, -0.2) is 9.98 Å². The lowest BCUT2D eigenvalue weighted by molar-refractivity contribution is -0.384. The molecule has 6 nitrogen and oxygen atoms in total. The molecule has 0 radical (unpaired) electrons. The predicted molar refractivity (Wildman–Crippen MR) is 102 cm³/mol. The first kappa shape index (κ1) is 16.4. The highest BCUT2D eigenvalue weighted by Gasteiger charge is 2.21. The number of rotatable bonds is 4. The van der Waals surface area contributed by atoms with E-state index < -0.39 is 4.92 Å². The molecule has 7 heteroatoms. The molecule has 0 saturated carbocycles. The maximum atomic E-state index is 10.9. The van der Waals surface area contributed by atoms with Crippen molar-refractivity contribution in [2.75, 3.05) is 7.11 Å². The topological polar surface area (TPSA) is 77.6 Å². The van der Waals surface area contributed by atoms with E-state index in [4.69, 9.17) is 4.74 Å². The second-order valence-corrected chi connectivity index (χ2v) is 6.96. The molecule has 2 aromatic carbocycles. The van der Waals surface area contributed by atoms with E-state index in [-0.39, 0.29) is 5.69 Å². The Morgan fingerprint density at radius 2 is 2.15 bits per heavy atom. The molecule has 0 amide bonds. The van der Waals surface area contributed by atoms with Gasteiger partial charge in [-0.3, -0.25) is 10.1 Å². The van der Waals surface area contributed by atoms with Crippen LogP contribution in [0.25, 0.3) is 11.3 Å². The molecule has 0 aliphatic heterocycles. The van der Waals surface area contributed by atoms with Gasteiger partial charge in [0, 0.05) is 28.8 Å². The van der Waals surface area contributed by atoms with Crippen LogP contribution in [0.3, 0.4) is 0 Å². The number of aryl methyl sites for hydroxylation is 2. The highest BCUT2D eigenvalue weighted by Crippen LogP contribution is 2.40. The summed E-state index contributed by atoms with van der Waals surface area (Å²) in [4.78, 5) is 20.8. The van der Waals surface area contributed by atoms with E-state index in [1.54, 1.807) is 36.8 Å². The number of methoxy groups -OCH3 is 1. The van der Waals surface area contributed by atoms with Gasteiger partial charge in [-0.2, -0.15) is 0 Å². The van der Waals surface area contributed by atoms with E-state index in [1.807, 2.05) is 12.1 Å². The van der Waals surface area contributed by atoms with Gasteiger partial charge < -0.3 is 4.74 Å². The summed E-state index contributed by atoms with van der Waals surface area (Å²) in [5.74, 6) is 0.811. The quantitative estimate of drug-likeness (QED) is 0.385. The molecule has 0 bridgehead atoms. The number of nitrogens with zero attached hydrogens (tertiary/aromatic N) is 3. The standard InChI is InChI=1S/C19H15N3O3S/c1-25-15-7-5-13-6-8-17-18(16(13)10-15)21-19(26-17)20-11-12-3-2-4-14(9-12)22(23)24/h2-5,7,9-11H,6,8H2,1H3/b20-11+. The van der Waals surface area contributed by atoms with Crippen LogP contribution in [0.1, 0.15) is 16.0 Å². The SMILES string of the molecule is COc1ccc2c(c1)-c1nc(/N=C/c3cccc([N+](=O)[O-])c3)sc1CC2. The van der Waals surface area contributed by atoms with Crippen LogP contribution >= 0.6 is 11.3 Å². The van der Waals surface area contributed by atoms with Crippen molar-refractivity contribution in [2.45, 2.75) is 12.8 Å². The van der Waals surface area contributed by atoms with Crippen molar-refractivity contribution >= 4 is 28.4 Å². The molecule has 0 N–H and O–H groups in total. The molecular formula is C19H15N3O3S. The molecule has 1 aliphatic rings. The van der Waals surface area contributed by atoms with E-state index in [1.165, 1.54) is 22.6 Å². The van der Waals surface area contributed by atoms with E-state index in [9.17, 15) is 10.1 Å². The number of aromatic nitrogens is 1. The minimum atomic E-state index is -0.413. The summed E-state index contributed by atoms with van der Waals surface area (Å²) in [6.07, 6.45) is 3.53. The lowest BCUT2D eigenvalue weighted by Crippen LogP contribution is -2.02. The number of thiazole rings is 1. The summed E-state index contributed by atoms with van der Waals surface area (Å²) in [6, 6.07) is 12.5.